The molecule has 5 rings (SSSR count). The zero-order valence-electron chi connectivity index (χ0n) is 21.2. The average Bonchev–Trinajstić information content (AvgIpc) is 3.67. The first-order chi connectivity index (χ1) is 17.5. The second kappa shape index (κ2) is 10.6. The second-order valence-corrected chi connectivity index (χ2v) is 10.3. The summed E-state index contributed by atoms with van der Waals surface area (Å²) in [6.45, 7) is 0.675. The van der Waals surface area contributed by atoms with Gasteiger partial charge >= 0.3 is 0 Å². The van der Waals surface area contributed by atoms with Crippen LogP contribution < -0.4 is 20.9 Å². The van der Waals surface area contributed by atoms with Crippen LogP contribution in [0.1, 0.15) is 55.3 Å². The summed E-state index contributed by atoms with van der Waals surface area (Å²) in [5, 5.41) is 9.39. The molecule has 36 heavy (non-hydrogen) atoms. The van der Waals surface area contributed by atoms with Crippen molar-refractivity contribution in [3.05, 3.63) is 48.2 Å². The molecular weight excluding hydrogens is 452 g/mol. The van der Waals surface area contributed by atoms with E-state index in [1.807, 2.05) is 30.8 Å². The number of carbonyl (C=O) groups excluding carboxylic acids is 2. The number of rotatable bonds is 9. The number of pyridine rings is 1. The Morgan fingerprint density at radius 2 is 1.72 bits per heavy atom. The van der Waals surface area contributed by atoms with Crippen molar-refractivity contribution in [1.29, 1.82) is 0 Å². The molecule has 0 aliphatic heterocycles. The topological polar surface area (TPSA) is 90.8 Å². The molecule has 0 radical (unpaired) electrons. The van der Waals surface area contributed by atoms with Gasteiger partial charge in [-0.15, -0.1) is 0 Å². The molecule has 0 atom stereocenters. The third-order valence-corrected chi connectivity index (χ3v) is 7.18. The predicted molar refractivity (Wildman–Crippen MR) is 144 cm³/mol. The third kappa shape index (κ3) is 5.64. The minimum Gasteiger partial charge on any atom is -0.378 e. The number of benzene rings is 1. The zero-order valence-corrected chi connectivity index (χ0v) is 21.2. The molecule has 2 heterocycles. The van der Waals surface area contributed by atoms with Crippen molar-refractivity contribution >= 4 is 29.0 Å². The molecular formula is C28H36N6O2. The Hall–Kier alpha value is -3.55. The molecule has 0 unspecified atom stereocenters. The van der Waals surface area contributed by atoms with E-state index in [4.69, 9.17) is 4.98 Å². The summed E-state index contributed by atoms with van der Waals surface area (Å²) < 4.78 is 1.98. The van der Waals surface area contributed by atoms with Crippen LogP contribution in [0, 0.1) is 5.92 Å². The number of hydrogen-bond donors (Lipinski definition) is 3. The Morgan fingerprint density at radius 3 is 2.42 bits per heavy atom. The lowest BCUT2D eigenvalue weighted by molar-refractivity contribution is -0.120. The van der Waals surface area contributed by atoms with E-state index in [9.17, 15) is 9.59 Å². The molecule has 2 aliphatic rings. The maximum absolute atomic E-state index is 12.9. The summed E-state index contributed by atoms with van der Waals surface area (Å²) in [4.78, 5) is 32.0. The van der Waals surface area contributed by atoms with E-state index in [0.717, 1.165) is 41.3 Å². The Kier molecular flexibility index (Phi) is 7.11. The maximum Gasteiger partial charge on any atom is 0.253 e. The van der Waals surface area contributed by atoms with E-state index in [1.54, 1.807) is 6.07 Å². The molecule has 0 saturated heterocycles. The second-order valence-electron chi connectivity index (χ2n) is 10.3. The highest BCUT2D eigenvalue weighted by Gasteiger charge is 2.22. The molecule has 2 aromatic heterocycles. The number of fused-ring (bicyclic) bond motifs is 1. The zero-order chi connectivity index (χ0) is 25.1. The number of nitrogens with one attached hydrogen (secondary N) is 3. The van der Waals surface area contributed by atoms with Gasteiger partial charge in [0, 0.05) is 44.1 Å². The van der Waals surface area contributed by atoms with Crippen molar-refractivity contribution in [2.75, 3.05) is 37.4 Å². The highest BCUT2D eigenvalue weighted by Crippen LogP contribution is 2.33. The smallest absolute Gasteiger partial charge is 0.253 e. The van der Waals surface area contributed by atoms with Crippen LogP contribution in [0.15, 0.2) is 42.6 Å². The van der Waals surface area contributed by atoms with E-state index in [-0.39, 0.29) is 18.4 Å². The summed E-state index contributed by atoms with van der Waals surface area (Å²) in [6.07, 6.45) is 10.2. The number of hydrogen-bond acceptors (Lipinski definition) is 5. The summed E-state index contributed by atoms with van der Waals surface area (Å²) in [6, 6.07) is 12.4. The normalized spacial score (nSPS) is 16.1. The van der Waals surface area contributed by atoms with Gasteiger partial charge < -0.3 is 20.9 Å². The molecule has 2 fully saturated rings. The lowest BCUT2D eigenvalue weighted by Crippen LogP contribution is -2.37. The van der Waals surface area contributed by atoms with Crippen molar-refractivity contribution in [1.82, 2.24) is 20.0 Å². The van der Waals surface area contributed by atoms with E-state index in [0.29, 0.717) is 24.1 Å². The minimum absolute atomic E-state index is 0.0236. The summed E-state index contributed by atoms with van der Waals surface area (Å²) >= 11 is 0. The fourth-order valence-electron chi connectivity index (χ4n) is 4.78. The fraction of sp³-hybridized carbons (Fsp3) is 0.464. The molecule has 8 nitrogen and oxygen atoms in total. The van der Waals surface area contributed by atoms with Gasteiger partial charge in [0.1, 0.15) is 17.2 Å². The first-order valence-corrected chi connectivity index (χ1v) is 13.1. The van der Waals surface area contributed by atoms with E-state index in [1.165, 1.54) is 32.1 Å². The molecule has 3 aromatic rings. The van der Waals surface area contributed by atoms with Crippen molar-refractivity contribution in [2.45, 2.75) is 51.0 Å². The van der Waals surface area contributed by atoms with Crippen molar-refractivity contribution in [2.24, 2.45) is 5.92 Å². The monoisotopic (exact) mass is 488 g/mol. The molecule has 190 valence electrons. The van der Waals surface area contributed by atoms with Gasteiger partial charge in [0.05, 0.1) is 12.1 Å². The number of anilines is 2. The van der Waals surface area contributed by atoms with Crippen molar-refractivity contribution < 1.29 is 9.59 Å². The van der Waals surface area contributed by atoms with Crippen LogP contribution >= 0.6 is 0 Å². The molecule has 2 amide bonds. The number of carbonyl (C=O) groups is 2. The highest BCUT2D eigenvalue weighted by atomic mass is 16.2. The highest BCUT2D eigenvalue weighted by molar-refractivity contribution is 5.96. The van der Waals surface area contributed by atoms with Crippen molar-refractivity contribution in [3.63, 3.8) is 0 Å². The van der Waals surface area contributed by atoms with Crippen LogP contribution in [0.5, 0.6) is 0 Å². The average molecular weight is 489 g/mol. The SMILES string of the molecule is CN(C)c1ccc(-c2nc3ccc(C(=O)NCC(=O)NCC4CC4)cn3c2NC2CCCCC2)cc1. The van der Waals surface area contributed by atoms with Gasteiger partial charge in [-0.2, -0.15) is 0 Å². The number of aromatic nitrogens is 2. The third-order valence-electron chi connectivity index (χ3n) is 7.18. The Bertz CT molecular complexity index is 1220. The first kappa shape index (κ1) is 24.2. The first-order valence-electron chi connectivity index (χ1n) is 13.1. The van der Waals surface area contributed by atoms with Crippen LogP contribution in [0.2, 0.25) is 0 Å². The quantitative estimate of drug-likeness (QED) is 0.422. The van der Waals surface area contributed by atoms with E-state index < -0.39 is 0 Å². The van der Waals surface area contributed by atoms with Gasteiger partial charge in [0.15, 0.2) is 0 Å². The Labute approximate surface area is 212 Å². The lowest BCUT2D eigenvalue weighted by atomic mass is 9.95. The number of amides is 2. The largest absolute Gasteiger partial charge is 0.378 e. The van der Waals surface area contributed by atoms with Gasteiger partial charge in [-0.1, -0.05) is 31.4 Å². The van der Waals surface area contributed by atoms with Crippen molar-refractivity contribution in [3.8, 4) is 11.3 Å². The molecule has 0 bridgehead atoms. The van der Waals surface area contributed by atoms with Crippen LogP contribution in [0.25, 0.3) is 16.9 Å². The number of imidazole rings is 1. The molecule has 8 heteroatoms. The molecule has 3 N–H and O–H groups in total. The molecule has 1 aromatic carbocycles. The summed E-state index contributed by atoms with van der Waals surface area (Å²) in [7, 11) is 4.05. The van der Waals surface area contributed by atoms with Gasteiger partial charge in [0.2, 0.25) is 5.91 Å². The molecule has 0 spiro atoms. The Balaban J connectivity index is 1.40. The van der Waals surface area contributed by atoms with E-state index >= 15 is 0 Å². The van der Waals surface area contributed by atoms with Gasteiger partial charge in [-0.25, -0.2) is 4.98 Å². The molecule has 2 aliphatic carbocycles. The number of nitrogens with zero attached hydrogens (tertiary/aromatic N) is 3. The summed E-state index contributed by atoms with van der Waals surface area (Å²) in [5.41, 5.74) is 4.31. The van der Waals surface area contributed by atoms with Crippen LogP contribution in [0.4, 0.5) is 11.5 Å². The summed E-state index contributed by atoms with van der Waals surface area (Å²) in [5.74, 6) is 1.10. The van der Waals surface area contributed by atoms with Crippen LogP contribution in [0.3, 0.4) is 0 Å². The fourth-order valence-corrected chi connectivity index (χ4v) is 4.78. The molecule has 2 saturated carbocycles. The maximum atomic E-state index is 12.9. The van der Waals surface area contributed by atoms with Gasteiger partial charge in [-0.05, 0) is 55.9 Å². The predicted octanol–water partition coefficient (Wildman–Crippen LogP) is 4.07. The lowest BCUT2D eigenvalue weighted by Gasteiger charge is -2.24. The Morgan fingerprint density at radius 1 is 0.972 bits per heavy atom. The van der Waals surface area contributed by atoms with Crippen LogP contribution in [-0.2, 0) is 4.79 Å². The minimum atomic E-state index is -0.271. The van der Waals surface area contributed by atoms with Gasteiger partial charge in [0.25, 0.3) is 5.91 Å². The van der Waals surface area contributed by atoms with Gasteiger partial charge in [-0.3, -0.25) is 14.0 Å². The van der Waals surface area contributed by atoms with E-state index in [2.05, 4.69) is 45.1 Å². The standard InChI is InChI=1S/C28H36N6O2/c1-33(2)23-13-10-20(11-14-23)26-27(31-22-6-4-3-5-7-22)34-18-21(12-15-24(34)32-26)28(36)30-17-25(35)29-16-19-8-9-19/h10-15,18-19,22,31H,3-9,16-17H2,1-2H3,(H,29,35)(H,30,36). The van der Waals surface area contributed by atoms with Crippen LogP contribution in [-0.4, -0.2) is 54.4 Å².